The highest BCUT2D eigenvalue weighted by Gasteiger charge is 2.20. The van der Waals surface area contributed by atoms with Gasteiger partial charge in [-0.1, -0.05) is 31.2 Å². The summed E-state index contributed by atoms with van der Waals surface area (Å²) in [5, 5.41) is 3.01. The van der Waals surface area contributed by atoms with Crippen molar-refractivity contribution in [3.8, 4) is 5.75 Å². The number of amides is 2. The van der Waals surface area contributed by atoms with Crippen molar-refractivity contribution >= 4 is 21.8 Å². The summed E-state index contributed by atoms with van der Waals surface area (Å²) in [5.41, 5.74) is 3.85. The molecule has 0 fully saturated rings. The fraction of sp³-hybridized carbons (Fsp3) is 0.381. The summed E-state index contributed by atoms with van der Waals surface area (Å²) in [6, 6.07) is 12.4. The van der Waals surface area contributed by atoms with Gasteiger partial charge in [-0.2, -0.15) is 8.42 Å². The zero-order valence-corrected chi connectivity index (χ0v) is 17.8. The molecule has 152 valence electrons. The molecule has 0 aliphatic carbocycles. The number of benzene rings is 2. The molecule has 1 atom stereocenters. The Hall–Kier alpha value is -2.54. The molecule has 0 bridgehead atoms. The number of aryl methyl sites for hydroxylation is 1. The van der Waals surface area contributed by atoms with Gasteiger partial charge in [-0.25, -0.2) is 4.79 Å². The predicted octanol–water partition coefficient (Wildman–Crippen LogP) is 4.47. The van der Waals surface area contributed by atoms with Crippen molar-refractivity contribution in [1.29, 1.82) is 0 Å². The molecule has 7 heteroatoms. The smallest absolute Gasteiger partial charge is 0.322 e. The van der Waals surface area contributed by atoms with Crippen LogP contribution in [0.1, 0.15) is 37.0 Å². The first-order valence-electron chi connectivity index (χ1n) is 9.23. The van der Waals surface area contributed by atoms with Crippen LogP contribution in [0.15, 0.2) is 42.5 Å². The van der Waals surface area contributed by atoms with Crippen molar-refractivity contribution in [2.75, 3.05) is 11.6 Å². The monoisotopic (exact) mass is 404 g/mol. The van der Waals surface area contributed by atoms with Crippen LogP contribution in [-0.4, -0.2) is 31.6 Å². The van der Waals surface area contributed by atoms with Crippen LogP contribution in [0.5, 0.6) is 5.75 Å². The Morgan fingerprint density at radius 2 is 1.79 bits per heavy atom. The second kappa shape index (κ2) is 9.10. The van der Waals surface area contributed by atoms with Crippen molar-refractivity contribution in [2.45, 2.75) is 46.7 Å². The molecule has 0 aromatic heterocycles. The van der Waals surface area contributed by atoms with Gasteiger partial charge in [0.1, 0.15) is 5.75 Å². The summed E-state index contributed by atoms with van der Waals surface area (Å²) >= 11 is 0. The van der Waals surface area contributed by atoms with Gasteiger partial charge in [0.15, 0.2) is 0 Å². The minimum Gasteiger partial charge on any atom is -0.383 e. The van der Waals surface area contributed by atoms with E-state index < -0.39 is 10.1 Å². The first kappa shape index (κ1) is 21.8. The van der Waals surface area contributed by atoms with Gasteiger partial charge in [0.2, 0.25) is 0 Å². The van der Waals surface area contributed by atoms with Crippen molar-refractivity contribution in [2.24, 2.45) is 0 Å². The third-order valence-electron chi connectivity index (χ3n) is 4.75. The molecule has 2 aromatic carbocycles. The minimum atomic E-state index is -3.56. The number of hydrogen-bond acceptors (Lipinski definition) is 4. The average Bonchev–Trinajstić information content (AvgIpc) is 2.63. The highest BCUT2D eigenvalue weighted by Crippen LogP contribution is 2.21. The molecule has 28 heavy (non-hydrogen) atoms. The third-order valence-corrected chi connectivity index (χ3v) is 5.25. The number of rotatable bonds is 7. The molecule has 6 nitrogen and oxygen atoms in total. The van der Waals surface area contributed by atoms with Gasteiger partial charge < -0.3 is 14.4 Å². The molecule has 1 N–H and O–H groups in total. The van der Waals surface area contributed by atoms with Crippen LogP contribution in [0.25, 0.3) is 0 Å². The Kier molecular flexibility index (Phi) is 7.07. The van der Waals surface area contributed by atoms with E-state index >= 15 is 0 Å². The normalized spacial score (nSPS) is 12.3. The topological polar surface area (TPSA) is 75.7 Å². The minimum absolute atomic E-state index is 0.0389. The Balaban J connectivity index is 2.17. The number of carbonyl (C=O) groups is 1. The Bertz CT molecular complexity index is 924. The van der Waals surface area contributed by atoms with Crippen LogP contribution in [0.4, 0.5) is 10.5 Å². The summed E-state index contributed by atoms with van der Waals surface area (Å²) in [6.07, 6.45) is 1.82. The van der Waals surface area contributed by atoms with Gasteiger partial charge in [-0.3, -0.25) is 0 Å². The fourth-order valence-electron chi connectivity index (χ4n) is 2.74. The standard InChI is InChI=1S/C21H28N2O4S/c1-6-16(3)23(21(24)22-20-9-7-8-15(2)17(20)4)14-18-10-12-19(13-11-18)27-28(5,25)26/h7-13,16H,6,14H2,1-5H3,(H,22,24). The molecule has 2 aromatic rings. The average molecular weight is 405 g/mol. The summed E-state index contributed by atoms with van der Waals surface area (Å²) in [5.74, 6) is 0.251. The van der Waals surface area contributed by atoms with Crippen LogP contribution < -0.4 is 9.50 Å². The van der Waals surface area contributed by atoms with Crippen molar-refractivity contribution in [1.82, 2.24) is 4.90 Å². The van der Waals surface area contributed by atoms with Gasteiger partial charge in [-0.05, 0) is 62.1 Å². The van der Waals surface area contributed by atoms with E-state index in [1.165, 1.54) is 0 Å². The lowest BCUT2D eigenvalue weighted by Crippen LogP contribution is -2.40. The first-order chi connectivity index (χ1) is 13.1. The summed E-state index contributed by atoms with van der Waals surface area (Å²) in [4.78, 5) is 14.7. The lowest BCUT2D eigenvalue weighted by atomic mass is 10.1. The molecule has 0 saturated heterocycles. The first-order valence-corrected chi connectivity index (χ1v) is 11.0. The van der Waals surface area contributed by atoms with E-state index in [0.717, 1.165) is 35.1 Å². The highest BCUT2D eigenvalue weighted by atomic mass is 32.2. The second-order valence-corrected chi connectivity index (χ2v) is 8.57. The second-order valence-electron chi connectivity index (χ2n) is 6.99. The number of nitrogens with zero attached hydrogens (tertiary/aromatic N) is 1. The summed E-state index contributed by atoms with van der Waals surface area (Å²) < 4.78 is 27.3. The molecule has 2 rings (SSSR count). The number of hydrogen-bond donors (Lipinski definition) is 1. The number of nitrogens with one attached hydrogen (secondary N) is 1. The van der Waals surface area contributed by atoms with E-state index in [9.17, 15) is 13.2 Å². The van der Waals surface area contributed by atoms with E-state index in [1.54, 1.807) is 29.2 Å². The van der Waals surface area contributed by atoms with Gasteiger partial charge >= 0.3 is 16.1 Å². The van der Waals surface area contributed by atoms with E-state index in [4.69, 9.17) is 4.18 Å². The van der Waals surface area contributed by atoms with E-state index in [-0.39, 0.29) is 17.8 Å². The van der Waals surface area contributed by atoms with E-state index in [0.29, 0.717) is 6.54 Å². The predicted molar refractivity (Wildman–Crippen MR) is 112 cm³/mol. The van der Waals surface area contributed by atoms with Gasteiger partial charge in [-0.15, -0.1) is 0 Å². The van der Waals surface area contributed by atoms with Crippen LogP contribution >= 0.6 is 0 Å². The van der Waals surface area contributed by atoms with Crippen molar-refractivity contribution < 1.29 is 17.4 Å². The fourth-order valence-corrected chi connectivity index (χ4v) is 3.20. The third kappa shape index (κ3) is 5.99. The molecule has 0 radical (unpaired) electrons. The molecule has 0 spiro atoms. The zero-order valence-electron chi connectivity index (χ0n) is 17.0. The Morgan fingerprint density at radius 1 is 1.14 bits per heavy atom. The quantitative estimate of drug-likeness (QED) is 0.691. The lowest BCUT2D eigenvalue weighted by Gasteiger charge is -2.29. The summed E-state index contributed by atoms with van der Waals surface area (Å²) in [7, 11) is -3.56. The van der Waals surface area contributed by atoms with Crippen LogP contribution in [0, 0.1) is 13.8 Å². The number of urea groups is 1. The molecule has 0 aliphatic rings. The molecule has 2 amide bonds. The SMILES string of the molecule is CCC(C)N(Cc1ccc(OS(C)(=O)=O)cc1)C(=O)Nc1cccc(C)c1C. The maximum absolute atomic E-state index is 12.9. The maximum atomic E-state index is 12.9. The zero-order chi connectivity index (χ0) is 20.9. The van der Waals surface area contributed by atoms with Gasteiger partial charge in [0.25, 0.3) is 0 Å². The Morgan fingerprint density at radius 3 is 2.36 bits per heavy atom. The molecule has 0 saturated carbocycles. The van der Waals surface area contributed by atoms with E-state index in [2.05, 4.69) is 5.32 Å². The molecular formula is C21H28N2O4S. The van der Waals surface area contributed by atoms with Crippen molar-refractivity contribution in [3.63, 3.8) is 0 Å². The number of anilines is 1. The molecule has 0 aliphatic heterocycles. The largest absolute Gasteiger partial charge is 0.383 e. The van der Waals surface area contributed by atoms with Crippen LogP contribution in [0.2, 0.25) is 0 Å². The lowest BCUT2D eigenvalue weighted by molar-refractivity contribution is 0.187. The molecule has 0 heterocycles. The van der Waals surface area contributed by atoms with Crippen LogP contribution in [0.3, 0.4) is 0 Å². The molecule has 1 unspecified atom stereocenters. The maximum Gasteiger partial charge on any atom is 0.322 e. The Labute approximate surface area is 167 Å². The van der Waals surface area contributed by atoms with Gasteiger partial charge in [0, 0.05) is 18.3 Å². The van der Waals surface area contributed by atoms with Crippen LogP contribution in [-0.2, 0) is 16.7 Å². The molecular weight excluding hydrogens is 376 g/mol. The van der Waals surface area contributed by atoms with E-state index in [1.807, 2.05) is 45.9 Å². The van der Waals surface area contributed by atoms with Gasteiger partial charge in [0.05, 0.1) is 6.26 Å². The summed E-state index contributed by atoms with van der Waals surface area (Å²) in [6.45, 7) is 8.44. The highest BCUT2D eigenvalue weighted by molar-refractivity contribution is 7.86. The van der Waals surface area contributed by atoms with Crippen molar-refractivity contribution in [3.05, 3.63) is 59.2 Å². The number of carbonyl (C=O) groups excluding carboxylic acids is 1.